The highest BCUT2D eigenvalue weighted by molar-refractivity contribution is 9.08. The number of thioether (sulfide) groups is 1. The summed E-state index contributed by atoms with van der Waals surface area (Å²) in [6, 6.07) is 38.9. The number of nitriles is 4. The number of nitrogens with two attached hydrogens (primary N) is 2. The third kappa shape index (κ3) is 8.94. The first-order chi connectivity index (χ1) is 27.8. The van der Waals surface area contributed by atoms with Crippen LogP contribution in [-0.4, -0.2) is 23.6 Å². The van der Waals surface area contributed by atoms with Crippen molar-refractivity contribution >= 4 is 51.5 Å². The smallest absolute Gasteiger partial charge is 0.231 e. The Morgan fingerprint density at radius 3 is 1.63 bits per heavy atom. The zero-order valence-electron chi connectivity index (χ0n) is 29.8. The third-order valence-electron chi connectivity index (χ3n) is 8.42. The fourth-order valence-corrected chi connectivity index (χ4v) is 7.30. The predicted molar refractivity (Wildman–Crippen MR) is 222 cm³/mol. The normalized spacial score (nSPS) is 11.3. The van der Waals surface area contributed by atoms with Gasteiger partial charge in [-0.2, -0.15) is 21.0 Å². The summed E-state index contributed by atoms with van der Waals surface area (Å²) in [5.74, 6) is 3.23. The van der Waals surface area contributed by atoms with E-state index in [1.54, 1.807) is 36.4 Å². The average Bonchev–Trinajstić information content (AvgIpc) is 3.93. The lowest BCUT2D eigenvalue weighted by Gasteiger charge is -2.13. The molecule has 4 heterocycles. The van der Waals surface area contributed by atoms with Crippen molar-refractivity contribution in [1.29, 1.82) is 21.0 Å². The first-order valence-corrected chi connectivity index (χ1v) is 19.4. The lowest BCUT2D eigenvalue weighted by molar-refractivity contribution is 0.173. The van der Waals surface area contributed by atoms with Crippen LogP contribution in [0.5, 0.6) is 23.0 Å². The highest BCUT2D eigenvalue weighted by Crippen LogP contribution is 2.42. The second-order valence-corrected chi connectivity index (χ2v) is 13.8. The Bertz CT molecular complexity index is 2690. The molecule has 0 bridgehead atoms. The van der Waals surface area contributed by atoms with Crippen LogP contribution in [-0.2, 0) is 11.1 Å². The maximum atomic E-state index is 9.85. The first kappa shape index (κ1) is 39.7. The van der Waals surface area contributed by atoms with Crippen LogP contribution in [0.1, 0.15) is 33.4 Å². The molecule has 0 unspecified atom stereocenters. The van der Waals surface area contributed by atoms with Crippen molar-refractivity contribution in [2.45, 2.75) is 16.1 Å². The van der Waals surface area contributed by atoms with Crippen molar-refractivity contribution in [3.8, 4) is 69.5 Å². The van der Waals surface area contributed by atoms with Gasteiger partial charge < -0.3 is 35.4 Å². The highest BCUT2D eigenvalue weighted by Gasteiger charge is 2.23. The fourth-order valence-electron chi connectivity index (χ4n) is 5.72. The van der Waals surface area contributed by atoms with Gasteiger partial charge in [-0.15, -0.1) is 11.8 Å². The van der Waals surface area contributed by atoms with E-state index in [1.807, 2.05) is 60.7 Å². The molecule has 6 aromatic rings. The number of ether oxygens (including phenoxy) is 4. The number of alkyl halides is 1. The number of aromatic amines is 1. The summed E-state index contributed by atoms with van der Waals surface area (Å²) in [6.45, 7) is 0.289. The van der Waals surface area contributed by atoms with Gasteiger partial charge in [0, 0.05) is 22.2 Å². The van der Waals surface area contributed by atoms with Crippen LogP contribution in [0.4, 0.5) is 11.6 Å². The van der Waals surface area contributed by atoms with Gasteiger partial charge in [0.1, 0.15) is 56.7 Å². The number of halogens is 1. The number of aromatic nitrogens is 2. The molecule has 8 rings (SSSR count). The summed E-state index contributed by atoms with van der Waals surface area (Å²) < 4.78 is 21.5. The van der Waals surface area contributed by atoms with Gasteiger partial charge in [0.15, 0.2) is 23.0 Å². The SMILES string of the molecule is BrCc1ccccc1.N#Cc1c(N)[nH]c(=S)c(C#N)c1-c1ccc2c(c1)OCO2.N#Cc1c(N)nc(SCc2ccccc2)c(C#N)c1-c1ccc2c(c1)OCO2. The molecule has 0 aliphatic carbocycles. The quantitative estimate of drug-likeness (QED) is 0.0811. The molecule has 0 amide bonds. The molecular weight excluding hydrogens is 825 g/mol. The summed E-state index contributed by atoms with van der Waals surface area (Å²) >= 11 is 9.88. The van der Waals surface area contributed by atoms with Crippen LogP contribution in [0.15, 0.2) is 102 Å². The Hall–Kier alpha value is -7.01. The molecule has 0 radical (unpaired) electrons. The molecule has 2 aliphatic heterocycles. The van der Waals surface area contributed by atoms with Crippen molar-refractivity contribution in [3.05, 3.63) is 135 Å². The van der Waals surface area contributed by atoms with Gasteiger partial charge in [-0.1, -0.05) is 101 Å². The summed E-state index contributed by atoms with van der Waals surface area (Å²) in [6.07, 6.45) is 0. The second kappa shape index (κ2) is 18.5. The number of benzene rings is 4. The van der Waals surface area contributed by atoms with Crippen molar-refractivity contribution < 1.29 is 18.9 Å². The molecule has 0 atom stereocenters. The van der Waals surface area contributed by atoms with E-state index < -0.39 is 0 Å². The number of nitrogen functional groups attached to an aromatic ring is 2. The van der Waals surface area contributed by atoms with E-state index in [0.29, 0.717) is 61.6 Å². The fraction of sp³-hybridized carbons (Fsp3) is 0.0952. The minimum Gasteiger partial charge on any atom is -0.454 e. The maximum absolute atomic E-state index is 9.85. The largest absolute Gasteiger partial charge is 0.454 e. The first-order valence-electron chi connectivity index (χ1n) is 16.9. The van der Waals surface area contributed by atoms with E-state index in [1.165, 1.54) is 17.3 Å². The number of hydrogen-bond donors (Lipinski definition) is 3. The Morgan fingerprint density at radius 1 is 0.649 bits per heavy atom. The van der Waals surface area contributed by atoms with Crippen molar-refractivity contribution in [2.24, 2.45) is 0 Å². The van der Waals surface area contributed by atoms with Gasteiger partial charge in [0.05, 0.1) is 11.1 Å². The molecule has 0 saturated carbocycles. The number of H-pyrrole nitrogens is 1. The summed E-state index contributed by atoms with van der Waals surface area (Å²) in [5, 5.41) is 39.6. The number of nitrogens with one attached hydrogen (secondary N) is 1. The van der Waals surface area contributed by atoms with Gasteiger partial charge in [-0.05, 0) is 46.5 Å². The van der Waals surface area contributed by atoms with Crippen molar-refractivity contribution in [1.82, 2.24) is 9.97 Å². The summed E-state index contributed by atoms with van der Waals surface area (Å²) in [7, 11) is 0. The number of fused-ring (bicyclic) bond motifs is 2. The average molecular weight is 854 g/mol. The van der Waals surface area contributed by atoms with Crippen LogP contribution in [0, 0.1) is 50.0 Å². The predicted octanol–water partition coefficient (Wildman–Crippen LogP) is 9.14. The Labute approximate surface area is 345 Å². The number of pyridine rings is 2. The van der Waals surface area contributed by atoms with Crippen LogP contribution in [0.2, 0.25) is 0 Å². The van der Waals surface area contributed by atoms with Crippen LogP contribution < -0.4 is 30.4 Å². The molecule has 0 fully saturated rings. The van der Waals surface area contributed by atoms with E-state index in [0.717, 1.165) is 10.9 Å². The third-order valence-corrected chi connectivity index (χ3v) is 10.4. The number of nitrogens with zero attached hydrogens (tertiary/aromatic N) is 5. The zero-order chi connectivity index (χ0) is 40.3. The summed E-state index contributed by atoms with van der Waals surface area (Å²) in [4.78, 5) is 6.99. The second-order valence-electron chi connectivity index (χ2n) is 11.9. The van der Waals surface area contributed by atoms with Crippen LogP contribution in [0.3, 0.4) is 0 Å². The standard InChI is InChI=1S/C21H14N4O2S.C14H8N4O2S.C7H7Br/c22-9-15-19(14-6-7-17-18(8-14)27-12-26-17)16(10-23)21(25-20(15)24)28-11-13-4-2-1-3-5-13;15-4-8-12(9(5-16)14(21)18-13(8)17)7-1-2-10-11(3-7)20-6-19-10;8-6-7-4-2-1-3-5-7/h1-8H,11-12H2,(H2,24,25);1-3H,6H2,(H3,17,18,21);1-5H,6H2. The van der Waals surface area contributed by atoms with Gasteiger partial charge in [-0.25, -0.2) is 4.98 Å². The van der Waals surface area contributed by atoms with Gasteiger partial charge in [0.2, 0.25) is 13.6 Å². The maximum Gasteiger partial charge on any atom is 0.231 e. The molecule has 0 spiro atoms. The topological polar surface area (TPSA) is 213 Å². The van der Waals surface area contributed by atoms with Crippen molar-refractivity contribution in [3.63, 3.8) is 0 Å². The van der Waals surface area contributed by atoms with E-state index in [9.17, 15) is 21.0 Å². The Balaban J connectivity index is 0.000000166. The van der Waals surface area contributed by atoms with E-state index >= 15 is 0 Å². The molecule has 57 heavy (non-hydrogen) atoms. The molecule has 15 heteroatoms. The van der Waals surface area contributed by atoms with E-state index in [4.69, 9.17) is 42.6 Å². The molecule has 2 aromatic heterocycles. The summed E-state index contributed by atoms with van der Waals surface area (Å²) in [5.41, 5.74) is 17.3. The lowest BCUT2D eigenvalue weighted by atomic mass is 9.96. The van der Waals surface area contributed by atoms with Gasteiger partial charge in [-0.3, -0.25) is 0 Å². The minimum atomic E-state index is 0.102. The zero-order valence-corrected chi connectivity index (χ0v) is 33.0. The Kier molecular flexibility index (Phi) is 12.9. The van der Waals surface area contributed by atoms with Crippen molar-refractivity contribution in [2.75, 3.05) is 25.1 Å². The molecule has 5 N–H and O–H groups in total. The highest BCUT2D eigenvalue weighted by atomic mass is 79.9. The number of rotatable bonds is 6. The number of anilines is 2. The minimum absolute atomic E-state index is 0.102. The molecule has 2 aliphatic rings. The van der Waals surface area contributed by atoms with Gasteiger partial charge >= 0.3 is 0 Å². The molecule has 12 nitrogen and oxygen atoms in total. The van der Waals surface area contributed by atoms with E-state index in [2.05, 4.69) is 50.2 Å². The monoisotopic (exact) mass is 852 g/mol. The van der Waals surface area contributed by atoms with E-state index in [-0.39, 0.29) is 46.6 Å². The molecule has 280 valence electrons. The van der Waals surface area contributed by atoms with Crippen LogP contribution >= 0.6 is 39.9 Å². The number of hydrogen-bond acceptors (Lipinski definition) is 13. The Morgan fingerprint density at radius 2 is 1.14 bits per heavy atom. The molecule has 0 saturated heterocycles. The molecule has 4 aromatic carbocycles. The lowest BCUT2D eigenvalue weighted by Crippen LogP contribution is -2.03. The van der Waals surface area contributed by atoms with Crippen LogP contribution in [0.25, 0.3) is 22.3 Å². The molecular formula is C42H29BrN8O4S2. The van der Waals surface area contributed by atoms with Gasteiger partial charge in [0.25, 0.3) is 0 Å².